The van der Waals surface area contributed by atoms with Crippen LogP contribution in [0.15, 0.2) is 51.3 Å². The van der Waals surface area contributed by atoms with Crippen molar-refractivity contribution in [2.24, 2.45) is 0 Å². The van der Waals surface area contributed by atoms with Gasteiger partial charge in [0.05, 0.1) is 24.7 Å². The molecule has 0 unspecified atom stereocenters. The van der Waals surface area contributed by atoms with Gasteiger partial charge in [-0.3, -0.25) is 4.79 Å². The number of thiophene rings is 1. The Morgan fingerprint density at radius 1 is 1.30 bits per heavy atom. The van der Waals surface area contributed by atoms with Gasteiger partial charge in [0, 0.05) is 11.4 Å². The zero-order valence-electron chi connectivity index (χ0n) is 14.1. The van der Waals surface area contributed by atoms with Crippen molar-refractivity contribution in [1.29, 1.82) is 0 Å². The van der Waals surface area contributed by atoms with Crippen molar-refractivity contribution in [2.45, 2.75) is 13.1 Å². The van der Waals surface area contributed by atoms with Crippen molar-refractivity contribution in [3.63, 3.8) is 0 Å². The number of carbonyl (C=O) groups is 1. The van der Waals surface area contributed by atoms with Gasteiger partial charge in [0.2, 0.25) is 0 Å². The summed E-state index contributed by atoms with van der Waals surface area (Å²) in [5.41, 5.74) is 0.716. The summed E-state index contributed by atoms with van der Waals surface area (Å²) in [6, 6.07) is 7.38. The Labute approximate surface area is 166 Å². The van der Waals surface area contributed by atoms with Gasteiger partial charge >= 0.3 is 0 Å². The number of amides is 1. The molecule has 0 aliphatic rings. The first kappa shape index (κ1) is 17.7. The van der Waals surface area contributed by atoms with E-state index in [1.54, 1.807) is 34.3 Å². The van der Waals surface area contributed by atoms with E-state index < -0.39 is 0 Å². The Hall–Kier alpha value is -2.72. The average molecular weight is 447 g/mol. The highest BCUT2D eigenvalue weighted by molar-refractivity contribution is 9.10. The summed E-state index contributed by atoms with van der Waals surface area (Å²) in [6.07, 6.45) is 3.24. The van der Waals surface area contributed by atoms with Gasteiger partial charge in [0.15, 0.2) is 16.1 Å². The van der Waals surface area contributed by atoms with Gasteiger partial charge in [-0.25, -0.2) is 14.6 Å². The number of nitrogens with one attached hydrogen (secondary N) is 2. The van der Waals surface area contributed by atoms with Gasteiger partial charge in [-0.1, -0.05) is 6.07 Å². The summed E-state index contributed by atoms with van der Waals surface area (Å²) in [7, 11) is 0. The summed E-state index contributed by atoms with van der Waals surface area (Å²) in [5.74, 6) is 0.726. The van der Waals surface area contributed by atoms with Gasteiger partial charge in [-0.2, -0.15) is 5.10 Å². The molecule has 8 nitrogen and oxygen atoms in total. The van der Waals surface area contributed by atoms with Crippen molar-refractivity contribution in [3.05, 3.63) is 57.5 Å². The first-order chi connectivity index (χ1) is 13.2. The molecule has 0 bridgehead atoms. The molecule has 4 rings (SSSR count). The number of rotatable bonds is 7. The van der Waals surface area contributed by atoms with Crippen LogP contribution in [0.25, 0.3) is 11.0 Å². The van der Waals surface area contributed by atoms with Crippen LogP contribution in [0, 0.1) is 0 Å². The van der Waals surface area contributed by atoms with Gasteiger partial charge in [0.25, 0.3) is 5.91 Å². The van der Waals surface area contributed by atoms with Gasteiger partial charge in [-0.05, 0) is 39.5 Å². The molecule has 0 saturated carbocycles. The fourth-order valence-electron chi connectivity index (χ4n) is 2.58. The molecular formula is C17H15BrN6O2S. The number of fused-ring (bicyclic) bond motifs is 1. The summed E-state index contributed by atoms with van der Waals surface area (Å²) in [4.78, 5) is 21.9. The zero-order valence-corrected chi connectivity index (χ0v) is 16.5. The first-order valence-electron chi connectivity index (χ1n) is 8.17. The fourth-order valence-corrected chi connectivity index (χ4v) is 3.53. The molecule has 4 aromatic rings. The van der Waals surface area contributed by atoms with Crippen LogP contribution in [-0.4, -0.2) is 32.2 Å². The molecular weight excluding hydrogens is 432 g/mol. The standard InChI is InChI=1S/C17H15BrN6O2S/c18-14-4-3-13(26-14)17(25)19-5-6-24-16-12(9-23-24)15(21-10-22-16)20-8-11-2-1-7-27-11/h1-4,7,9-10H,5-6,8H2,(H,19,25)(H,20,21,22). The molecule has 0 spiro atoms. The van der Waals surface area contributed by atoms with E-state index in [9.17, 15) is 4.79 Å². The van der Waals surface area contributed by atoms with Crippen LogP contribution in [-0.2, 0) is 13.1 Å². The summed E-state index contributed by atoms with van der Waals surface area (Å²) < 4.78 is 7.49. The van der Waals surface area contributed by atoms with Crippen LogP contribution < -0.4 is 10.6 Å². The molecule has 4 heterocycles. The molecule has 1 amide bonds. The first-order valence-corrected chi connectivity index (χ1v) is 9.84. The lowest BCUT2D eigenvalue weighted by molar-refractivity contribution is 0.0923. The largest absolute Gasteiger partial charge is 0.444 e. The number of halogens is 1. The monoisotopic (exact) mass is 446 g/mol. The number of aromatic nitrogens is 4. The van der Waals surface area contributed by atoms with E-state index in [1.807, 2.05) is 11.4 Å². The Balaban J connectivity index is 1.40. The third kappa shape index (κ3) is 4.01. The minimum absolute atomic E-state index is 0.259. The smallest absolute Gasteiger partial charge is 0.287 e. The van der Waals surface area contributed by atoms with Gasteiger partial charge in [-0.15, -0.1) is 11.3 Å². The molecule has 0 saturated heterocycles. The number of hydrogen-bond acceptors (Lipinski definition) is 7. The maximum absolute atomic E-state index is 12.0. The molecule has 10 heteroatoms. The van der Waals surface area contributed by atoms with E-state index >= 15 is 0 Å². The number of hydrogen-bond donors (Lipinski definition) is 2. The number of anilines is 1. The van der Waals surface area contributed by atoms with E-state index in [1.165, 1.54) is 11.2 Å². The van der Waals surface area contributed by atoms with Crippen LogP contribution in [0.1, 0.15) is 15.4 Å². The highest BCUT2D eigenvalue weighted by Crippen LogP contribution is 2.20. The van der Waals surface area contributed by atoms with E-state index in [0.29, 0.717) is 30.0 Å². The number of carbonyl (C=O) groups excluding carboxylic acids is 1. The molecule has 0 aromatic carbocycles. The van der Waals surface area contributed by atoms with Crippen molar-refractivity contribution in [3.8, 4) is 0 Å². The van der Waals surface area contributed by atoms with Crippen molar-refractivity contribution in [1.82, 2.24) is 25.1 Å². The maximum atomic E-state index is 12.0. The topological polar surface area (TPSA) is 97.9 Å². The van der Waals surface area contributed by atoms with Gasteiger partial charge < -0.3 is 15.1 Å². The summed E-state index contributed by atoms with van der Waals surface area (Å²) in [5, 5.41) is 13.4. The lowest BCUT2D eigenvalue weighted by atomic mass is 10.3. The third-order valence-electron chi connectivity index (χ3n) is 3.85. The van der Waals surface area contributed by atoms with Crippen molar-refractivity contribution in [2.75, 3.05) is 11.9 Å². The molecule has 0 aliphatic carbocycles. The lowest BCUT2D eigenvalue weighted by Crippen LogP contribution is -2.27. The number of nitrogens with zero attached hydrogens (tertiary/aromatic N) is 4. The highest BCUT2D eigenvalue weighted by atomic mass is 79.9. The van der Waals surface area contributed by atoms with E-state index in [4.69, 9.17) is 4.42 Å². The van der Waals surface area contributed by atoms with E-state index in [-0.39, 0.29) is 11.7 Å². The van der Waals surface area contributed by atoms with Crippen LogP contribution >= 0.6 is 27.3 Å². The third-order valence-corrected chi connectivity index (χ3v) is 5.15. The molecule has 4 aromatic heterocycles. The molecule has 0 radical (unpaired) electrons. The molecule has 27 heavy (non-hydrogen) atoms. The highest BCUT2D eigenvalue weighted by Gasteiger charge is 2.12. The molecule has 138 valence electrons. The fraction of sp³-hybridized carbons (Fsp3) is 0.176. The van der Waals surface area contributed by atoms with Gasteiger partial charge in [0.1, 0.15) is 12.1 Å². The predicted octanol–water partition coefficient (Wildman–Crippen LogP) is 3.29. The van der Waals surface area contributed by atoms with Crippen LogP contribution in [0.4, 0.5) is 5.82 Å². The lowest BCUT2D eigenvalue weighted by Gasteiger charge is -2.06. The predicted molar refractivity (Wildman–Crippen MR) is 106 cm³/mol. The van der Waals surface area contributed by atoms with Crippen LogP contribution in [0.2, 0.25) is 0 Å². The Morgan fingerprint density at radius 2 is 2.22 bits per heavy atom. The minimum atomic E-state index is -0.273. The Bertz CT molecular complexity index is 1060. The Kier molecular flexibility index (Phi) is 5.16. The second kappa shape index (κ2) is 7.89. The maximum Gasteiger partial charge on any atom is 0.287 e. The molecule has 2 N–H and O–H groups in total. The van der Waals surface area contributed by atoms with Crippen molar-refractivity contribution >= 4 is 50.0 Å². The average Bonchev–Trinajstić information content (AvgIpc) is 3.41. The molecule has 0 atom stereocenters. The summed E-state index contributed by atoms with van der Waals surface area (Å²) >= 11 is 4.87. The summed E-state index contributed by atoms with van der Waals surface area (Å²) in [6.45, 7) is 1.58. The second-order valence-corrected chi connectivity index (χ2v) is 7.43. The number of furan rings is 1. The zero-order chi connectivity index (χ0) is 18.6. The Morgan fingerprint density at radius 3 is 3.00 bits per heavy atom. The van der Waals surface area contributed by atoms with E-state index in [2.05, 4.69) is 47.7 Å². The SMILES string of the molecule is O=C(NCCn1ncc2c(NCc3cccs3)ncnc21)c1ccc(Br)o1. The minimum Gasteiger partial charge on any atom is -0.444 e. The molecule has 0 fully saturated rings. The quantitative estimate of drug-likeness (QED) is 0.451. The van der Waals surface area contributed by atoms with Crippen LogP contribution in [0.5, 0.6) is 0 Å². The van der Waals surface area contributed by atoms with Crippen LogP contribution in [0.3, 0.4) is 0 Å². The second-order valence-electron chi connectivity index (χ2n) is 5.62. The normalized spacial score (nSPS) is 11.0. The van der Waals surface area contributed by atoms with Crippen molar-refractivity contribution < 1.29 is 9.21 Å². The molecule has 0 aliphatic heterocycles. The van der Waals surface area contributed by atoms with E-state index in [0.717, 1.165) is 11.2 Å².